The molecule has 2 aromatic carbocycles. The molecule has 0 spiro atoms. The van der Waals surface area contributed by atoms with Crippen LogP contribution in [0.25, 0.3) is 10.9 Å². The number of para-hydroxylation sites is 1. The topological polar surface area (TPSA) is 118 Å². The van der Waals surface area contributed by atoms with Gasteiger partial charge in [-0.05, 0) is 17.2 Å². The molecule has 3 N–H and O–H groups in total. The maximum atomic E-state index is 12.3. The summed E-state index contributed by atoms with van der Waals surface area (Å²) in [7, 11) is 0. The third kappa shape index (κ3) is 3.84. The van der Waals surface area contributed by atoms with Crippen molar-refractivity contribution in [2.75, 3.05) is 0 Å². The number of amides is 1. The fraction of sp³-hybridized carbons (Fsp3) is 0.227. The summed E-state index contributed by atoms with van der Waals surface area (Å²) in [6, 6.07) is 15.4. The maximum Gasteiger partial charge on any atom is 0.408 e. The fourth-order valence-corrected chi connectivity index (χ4v) is 3.64. The smallest absolute Gasteiger partial charge is 0.408 e. The molecule has 1 aliphatic heterocycles. The number of aromatic nitrogens is 1. The zero-order chi connectivity index (χ0) is 21.1. The third-order valence-electron chi connectivity index (χ3n) is 5.16. The standard InChI is InChI=1S/C22H20N2O6/c25-19-18(24-21(28)29-13-14-6-2-1-3-7-14)11-22(30-19,20(26)27)10-15-12-23-17-9-5-4-8-16(15)17/h1-9,12,18,23H,10-11,13H2,(H,24,28)(H,26,27). The molecule has 8 nitrogen and oxygen atoms in total. The summed E-state index contributed by atoms with van der Waals surface area (Å²) < 4.78 is 10.4. The number of ether oxygens (including phenoxy) is 2. The molecule has 1 aromatic heterocycles. The normalized spacial score (nSPS) is 20.7. The Morgan fingerprint density at radius 2 is 1.90 bits per heavy atom. The summed E-state index contributed by atoms with van der Waals surface area (Å²) in [5.41, 5.74) is 0.602. The van der Waals surface area contributed by atoms with E-state index in [1.165, 1.54) is 0 Å². The number of nitrogens with one attached hydrogen (secondary N) is 2. The molecule has 4 rings (SSSR count). The van der Waals surface area contributed by atoms with Crippen molar-refractivity contribution in [2.24, 2.45) is 0 Å². The Labute approximate surface area is 171 Å². The number of fused-ring (bicyclic) bond motifs is 1. The van der Waals surface area contributed by atoms with Crippen LogP contribution in [0.4, 0.5) is 4.79 Å². The number of carbonyl (C=O) groups is 3. The molecule has 1 aliphatic rings. The Morgan fingerprint density at radius 1 is 1.17 bits per heavy atom. The van der Waals surface area contributed by atoms with Crippen LogP contribution in [0.15, 0.2) is 60.8 Å². The van der Waals surface area contributed by atoms with Crippen molar-refractivity contribution in [3.8, 4) is 0 Å². The molecule has 0 bridgehead atoms. The lowest BCUT2D eigenvalue weighted by Crippen LogP contribution is -2.42. The zero-order valence-electron chi connectivity index (χ0n) is 16.0. The molecule has 154 valence electrons. The van der Waals surface area contributed by atoms with Gasteiger partial charge in [0.2, 0.25) is 5.60 Å². The number of alkyl carbamates (subject to hydrolysis) is 1. The van der Waals surface area contributed by atoms with E-state index in [-0.39, 0.29) is 19.4 Å². The molecular weight excluding hydrogens is 388 g/mol. The van der Waals surface area contributed by atoms with Crippen molar-refractivity contribution in [1.82, 2.24) is 10.3 Å². The number of aromatic amines is 1. The highest BCUT2D eigenvalue weighted by Gasteiger charge is 2.53. The number of hydrogen-bond acceptors (Lipinski definition) is 5. The van der Waals surface area contributed by atoms with E-state index in [2.05, 4.69) is 10.3 Å². The van der Waals surface area contributed by atoms with E-state index in [1.807, 2.05) is 42.5 Å². The molecule has 2 atom stereocenters. The SMILES string of the molecule is O=C(NC1CC(Cc2c[nH]c3ccccc23)(C(=O)O)OC1=O)OCc1ccccc1. The summed E-state index contributed by atoms with van der Waals surface area (Å²) in [4.78, 5) is 39.6. The van der Waals surface area contributed by atoms with Crippen molar-refractivity contribution >= 4 is 28.9 Å². The number of aliphatic carboxylic acids is 1. The van der Waals surface area contributed by atoms with Crippen LogP contribution in [-0.4, -0.2) is 39.8 Å². The van der Waals surface area contributed by atoms with Crippen LogP contribution in [0.3, 0.4) is 0 Å². The number of hydrogen-bond donors (Lipinski definition) is 3. The third-order valence-corrected chi connectivity index (χ3v) is 5.16. The van der Waals surface area contributed by atoms with Crippen LogP contribution in [0.2, 0.25) is 0 Å². The molecule has 0 saturated carbocycles. The van der Waals surface area contributed by atoms with Gasteiger partial charge in [-0.1, -0.05) is 48.5 Å². The quantitative estimate of drug-likeness (QED) is 0.540. The number of benzene rings is 2. The highest BCUT2D eigenvalue weighted by atomic mass is 16.6. The lowest BCUT2D eigenvalue weighted by Gasteiger charge is -2.22. The number of rotatable bonds is 6. The van der Waals surface area contributed by atoms with Crippen molar-refractivity contribution in [3.63, 3.8) is 0 Å². The first kappa shape index (κ1) is 19.5. The molecule has 0 aliphatic carbocycles. The van der Waals surface area contributed by atoms with Crippen molar-refractivity contribution in [3.05, 3.63) is 71.9 Å². The minimum Gasteiger partial charge on any atom is -0.478 e. The lowest BCUT2D eigenvalue weighted by molar-refractivity contribution is -0.169. The second-order valence-corrected chi connectivity index (χ2v) is 7.22. The number of carboxylic acids is 1. The summed E-state index contributed by atoms with van der Waals surface area (Å²) in [5, 5.41) is 13.1. The summed E-state index contributed by atoms with van der Waals surface area (Å²) >= 11 is 0. The molecule has 3 aromatic rings. The number of carbonyl (C=O) groups excluding carboxylic acids is 2. The van der Waals surface area contributed by atoms with Crippen LogP contribution in [0.1, 0.15) is 17.5 Å². The first-order chi connectivity index (χ1) is 14.5. The number of H-pyrrole nitrogens is 1. The molecule has 2 heterocycles. The van der Waals surface area contributed by atoms with Gasteiger partial charge >= 0.3 is 18.0 Å². The Kier molecular flexibility index (Phi) is 5.14. The summed E-state index contributed by atoms with van der Waals surface area (Å²) in [5.74, 6) is -2.06. The minimum atomic E-state index is -1.76. The van der Waals surface area contributed by atoms with E-state index in [0.29, 0.717) is 5.56 Å². The van der Waals surface area contributed by atoms with Gasteiger partial charge in [-0.25, -0.2) is 14.4 Å². The number of esters is 1. The molecular formula is C22H20N2O6. The van der Waals surface area contributed by atoms with Crippen LogP contribution < -0.4 is 5.32 Å². The average Bonchev–Trinajstić information content (AvgIpc) is 3.29. The molecule has 8 heteroatoms. The molecule has 1 saturated heterocycles. The summed E-state index contributed by atoms with van der Waals surface area (Å²) in [6.07, 6.45) is 0.684. The van der Waals surface area contributed by atoms with Gasteiger partial charge in [-0.15, -0.1) is 0 Å². The van der Waals surface area contributed by atoms with Crippen LogP contribution >= 0.6 is 0 Å². The van der Waals surface area contributed by atoms with Gasteiger partial charge in [0.05, 0.1) is 0 Å². The van der Waals surface area contributed by atoms with E-state index >= 15 is 0 Å². The van der Waals surface area contributed by atoms with Gasteiger partial charge in [0.1, 0.15) is 12.6 Å². The molecule has 1 fully saturated rings. The van der Waals surface area contributed by atoms with Gasteiger partial charge in [0.15, 0.2) is 0 Å². The van der Waals surface area contributed by atoms with E-state index in [1.54, 1.807) is 18.3 Å². The second-order valence-electron chi connectivity index (χ2n) is 7.22. The fourth-order valence-electron chi connectivity index (χ4n) is 3.64. The van der Waals surface area contributed by atoms with Gasteiger partial charge in [0.25, 0.3) is 0 Å². The van der Waals surface area contributed by atoms with E-state index in [0.717, 1.165) is 16.5 Å². The number of cyclic esters (lactones) is 1. The first-order valence-electron chi connectivity index (χ1n) is 9.45. The van der Waals surface area contributed by atoms with Crippen LogP contribution in [-0.2, 0) is 32.1 Å². The Balaban J connectivity index is 1.45. The van der Waals surface area contributed by atoms with Crippen molar-refractivity contribution < 1.29 is 29.0 Å². The highest BCUT2D eigenvalue weighted by molar-refractivity contribution is 5.92. The molecule has 2 unspecified atom stereocenters. The van der Waals surface area contributed by atoms with Crippen molar-refractivity contribution in [2.45, 2.75) is 31.1 Å². The maximum absolute atomic E-state index is 12.3. The highest BCUT2D eigenvalue weighted by Crippen LogP contribution is 2.33. The predicted octanol–water partition coefficient (Wildman–Crippen LogP) is 2.78. The van der Waals surface area contributed by atoms with Gasteiger partial charge in [0, 0.05) is 29.9 Å². The van der Waals surface area contributed by atoms with E-state index in [4.69, 9.17) is 9.47 Å². The minimum absolute atomic E-state index is 0.0185. The Morgan fingerprint density at radius 3 is 2.67 bits per heavy atom. The predicted molar refractivity (Wildman–Crippen MR) is 107 cm³/mol. The van der Waals surface area contributed by atoms with Crippen LogP contribution in [0.5, 0.6) is 0 Å². The first-order valence-corrected chi connectivity index (χ1v) is 9.45. The Bertz CT molecular complexity index is 1090. The van der Waals surface area contributed by atoms with E-state index < -0.39 is 29.7 Å². The van der Waals surface area contributed by atoms with Crippen LogP contribution in [0, 0.1) is 0 Å². The second kappa shape index (κ2) is 7.90. The largest absolute Gasteiger partial charge is 0.478 e. The van der Waals surface area contributed by atoms with Gasteiger partial charge in [-0.2, -0.15) is 0 Å². The lowest BCUT2D eigenvalue weighted by atomic mass is 9.90. The Hall–Kier alpha value is -3.81. The molecule has 1 amide bonds. The molecule has 30 heavy (non-hydrogen) atoms. The zero-order valence-corrected chi connectivity index (χ0v) is 16.0. The van der Waals surface area contributed by atoms with Gasteiger partial charge in [-0.3, -0.25) is 0 Å². The average molecular weight is 408 g/mol. The monoisotopic (exact) mass is 408 g/mol. The van der Waals surface area contributed by atoms with E-state index in [9.17, 15) is 19.5 Å². The molecule has 0 radical (unpaired) electrons. The summed E-state index contributed by atoms with van der Waals surface area (Å²) in [6.45, 7) is 0.0356. The number of carboxylic acid groups (broad SMARTS) is 1. The van der Waals surface area contributed by atoms with Gasteiger partial charge < -0.3 is 24.9 Å². The van der Waals surface area contributed by atoms with Crippen molar-refractivity contribution in [1.29, 1.82) is 0 Å².